The van der Waals surface area contributed by atoms with E-state index in [0.717, 1.165) is 13.1 Å². The van der Waals surface area contributed by atoms with Gasteiger partial charge in [-0.1, -0.05) is 68.7 Å². The molecule has 2 nitrogen and oxygen atoms in total. The Hall–Kier alpha value is -0.800. The molecular formula is C20H30Cl2N2. The summed E-state index contributed by atoms with van der Waals surface area (Å²) in [6.07, 6.45) is 5.24. The smallest absolute Gasteiger partial charge is 0.0355 e. The number of nitrogens with zero attached hydrogens (tertiary/aromatic N) is 1. The van der Waals surface area contributed by atoms with E-state index in [-0.39, 0.29) is 24.8 Å². The maximum absolute atomic E-state index is 3.48. The van der Waals surface area contributed by atoms with Gasteiger partial charge in [0.05, 0.1) is 0 Å². The number of piperazine rings is 1. The van der Waals surface area contributed by atoms with Crippen molar-refractivity contribution < 1.29 is 0 Å². The Labute approximate surface area is 158 Å². The van der Waals surface area contributed by atoms with Crippen LogP contribution in [0.1, 0.15) is 44.2 Å². The molecule has 0 amide bonds. The molecule has 0 aliphatic carbocycles. The molecule has 0 aromatic heterocycles. The summed E-state index contributed by atoms with van der Waals surface area (Å²) in [4.78, 5) is 2.69. The van der Waals surface area contributed by atoms with Gasteiger partial charge in [0.25, 0.3) is 0 Å². The first kappa shape index (κ1) is 21.2. The zero-order valence-corrected chi connectivity index (χ0v) is 16.2. The SMILES string of the molecule is CCCCC[C@H](c1cccc2ccccc12)N1CCNCC1.Cl.Cl. The highest BCUT2D eigenvalue weighted by molar-refractivity contribution is 5.86. The minimum Gasteiger partial charge on any atom is -0.314 e. The Morgan fingerprint density at radius 2 is 1.67 bits per heavy atom. The van der Waals surface area contributed by atoms with E-state index in [0.29, 0.717) is 6.04 Å². The van der Waals surface area contributed by atoms with Crippen molar-refractivity contribution in [1.29, 1.82) is 0 Å². The lowest BCUT2D eigenvalue weighted by atomic mass is 9.93. The second-order valence-corrected chi connectivity index (χ2v) is 6.37. The van der Waals surface area contributed by atoms with Crippen LogP contribution in [0.25, 0.3) is 10.8 Å². The van der Waals surface area contributed by atoms with Gasteiger partial charge in [0.1, 0.15) is 0 Å². The van der Waals surface area contributed by atoms with Crippen molar-refractivity contribution in [2.45, 2.75) is 38.6 Å². The predicted molar refractivity (Wildman–Crippen MR) is 110 cm³/mol. The van der Waals surface area contributed by atoms with Crippen LogP contribution in [0.2, 0.25) is 0 Å². The molecule has 0 bridgehead atoms. The summed E-state index contributed by atoms with van der Waals surface area (Å²) in [5.41, 5.74) is 1.52. The van der Waals surface area contributed by atoms with Crippen molar-refractivity contribution in [2.75, 3.05) is 26.2 Å². The molecule has 1 N–H and O–H groups in total. The fourth-order valence-corrected chi connectivity index (χ4v) is 3.66. The lowest BCUT2D eigenvalue weighted by Crippen LogP contribution is -2.45. The van der Waals surface area contributed by atoms with Crippen LogP contribution in [0.4, 0.5) is 0 Å². The third-order valence-electron chi connectivity index (χ3n) is 4.86. The standard InChI is InChI=1S/C20H28N2.2ClH/c1-2-3-4-12-20(22-15-13-21-14-16-22)19-11-7-9-17-8-5-6-10-18(17)19;;/h5-11,20-21H,2-4,12-16H2,1H3;2*1H/t20-;;/m1../s1. The second-order valence-electron chi connectivity index (χ2n) is 6.37. The first-order chi connectivity index (χ1) is 10.9. The normalized spacial score (nSPS) is 16.2. The zero-order valence-electron chi connectivity index (χ0n) is 14.5. The summed E-state index contributed by atoms with van der Waals surface area (Å²) in [7, 11) is 0. The number of unbranched alkanes of at least 4 members (excludes halogenated alkanes) is 2. The minimum atomic E-state index is 0. The highest BCUT2D eigenvalue weighted by Crippen LogP contribution is 2.32. The monoisotopic (exact) mass is 368 g/mol. The molecule has 134 valence electrons. The summed E-state index contributed by atoms with van der Waals surface area (Å²) in [5, 5.41) is 6.29. The van der Waals surface area contributed by atoms with Gasteiger partial charge in [-0.3, -0.25) is 4.90 Å². The molecule has 1 aliphatic heterocycles. The van der Waals surface area contributed by atoms with Crippen molar-refractivity contribution in [3.8, 4) is 0 Å². The van der Waals surface area contributed by atoms with Gasteiger partial charge in [-0.2, -0.15) is 0 Å². The summed E-state index contributed by atoms with van der Waals surface area (Å²) >= 11 is 0. The summed E-state index contributed by atoms with van der Waals surface area (Å²) in [5.74, 6) is 0. The van der Waals surface area contributed by atoms with Gasteiger partial charge < -0.3 is 5.32 Å². The van der Waals surface area contributed by atoms with Gasteiger partial charge in [-0.05, 0) is 22.8 Å². The van der Waals surface area contributed by atoms with Crippen LogP contribution >= 0.6 is 24.8 Å². The van der Waals surface area contributed by atoms with E-state index in [1.54, 1.807) is 0 Å². The van der Waals surface area contributed by atoms with Crippen molar-refractivity contribution >= 4 is 35.6 Å². The Morgan fingerprint density at radius 1 is 0.958 bits per heavy atom. The average Bonchev–Trinajstić information content (AvgIpc) is 2.59. The van der Waals surface area contributed by atoms with E-state index in [9.17, 15) is 0 Å². The average molecular weight is 369 g/mol. The first-order valence-corrected chi connectivity index (χ1v) is 8.82. The second kappa shape index (κ2) is 10.9. The molecule has 1 atom stereocenters. The minimum absolute atomic E-state index is 0. The molecule has 2 aromatic carbocycles. The maximum Gasteiger partial charge on any atom is 0.0355 e. The molecule has 1 fully saturated rings. The lowest BCUT2D eigenvalue weighted by molar-refractivity contribution is 0.164. The highest BCUT2D eigenvalue weighted by atomic mass is 35.5. The third kappa shape index (κ3) is 5.10. The highest BCUT2D eigenvalue weighted by Gasteiger charge is 2.23. The topological polar surface area (TPSA) is 15.3 Å². The van der Waals surface area contributed by atoms with E-state index in [2.05, 4.69) is 59.6 Å². The number of nitrogens with one attached hydrogen (secondary N) is 1. The van der Waals surface area contributed by atoms with Crippen molar-refractivity contribution in [1.82, 2.24) is 10.2 Å². The maximum atomic E-state index is 3.48. The fraction of sp³-hybridized carbons (Fsp3) is 0.500. The van der Waals surface area contributed by atoms with Gasteiger partial charge in [0, 0.05) is 32.2 Å². The molecule has 1 heterocycles. The molecule has 0 radical (unpaired) electrons. The van der Waals surface area contributed by atoms with Crippen LogP contribution in [0.5, 0.6) is 0 Å². The molecule has 2 aromatic rings. The Balaban J connectivity index is 0.00000144. The van der Waals surface area contributed by atoms with Gasteiger partial charge in [-0.15, -0.1) is 24.8 Å². The molecular weight excluding hydrogens is 339 g/mol. The quantitative estimate of drug-likeness (QED) is 0.703. The zero-order chi connectivity index (χ0) is 15.2. The molecule has 0 spiro atoms. The van der Waals surface area contributed by atoms with Crippen LogP contribution in [-0.4, -0.2) is 31.1 Å². The fourth-order valence-electron chi connectivity index (χ4n) is 3.66. The van der Waals surface area contributed by atoms with E-state index in [1.807, 2.05) is 0 Å². The number of hydrogen-bond donors (Lipinski definition) is 1. The first-order valence-electron chi connectivity index (χ1n) is 8.82. The largest absolute Gasteiger partial charge is 0.314 e. The Bertz CT molecular complexity index is 592. The predicted octanol–water partition coefficient (Wildman–Crippen LogP) is 5.21. The van der Waals surface area contributed by atoms with Crippen molar-refractivity contribution in [2.24, 2.45) is 0 Å². The molecule has 0 unspecified atom stereocenters. The van der Waals surface area contributed by atoms with Gasteiger partial charge in [0.15, 0.2) is 0 Å². The van der Waals surface area contributed by atoms with Crippen LogP contribution in [0.3, 0.4) is 0 Å². The van der Waals surface area contributed by atoms with Gasteiger partial charge >= 0.3 is 0 Å². The Morgan fingerprint density at radius 3 is 2.42 bits per heavy atom. The van der Waals surface area contributed by atoms with E-state index in [4.69, 9.17) is 0 Å². The molecule has 3 rings (SSSR count). The third-order valence-corrected chi connectivity index (χ3v) is 4.86. The number of fused-ring (bicyclic) bond motifs is 1. The molecule has 0 saturated carbocycles. The summed E-state index contributed by atoms with van der Waals surface area (Å²) in [6, 6.07) is 16.2. The van der Waals surface area contributed by atoms with Crippen molar-refractivity contribution in [3.05, 3.63) is 48.0 Å². The molecule has 1 saturated heterocycles. The number of halogens is 2. The molecule has 24 heavy (non-hydrogen) atoms. The van der Waals surface area contributed by atoms with Gasteiger partial charge in [0.2, 0.25) is 0 Å². The summed E-state index contributed by atoms with van der Waals surface area (Å²) in [6.45, 7) is 6.86. The molecule has 1 aliphatic rings. The van der Waals surface area contributed by atoms with Crippen molar-refractivity contribution in [3.63, 3.8) is 0 Å². The Kier molecular flexibility index (Phi) is 9.68. The lowest BCUT2D eigenvalue weighted by Gasteiger charge is -2.36. The number of benzene rings is 2. The van der Waals surface area contributed by atoms with Gasteiger partial charge in [-0.25, -0.2) is 0 Å². The molecule has 4 heteroatoms. The van der Waals surface area contributed by atoms with Crippen LogP contribution < -0.4 is 5.32 Å². The van der Waals surface area contributed by atoms with Crippen LogP contribution in [0, 0.1) is 0 Å². The number of rotatable bonds is 6. The van der Waals surface area contributed by atoms with E-state index in [1.165, 1.54) is 55.1 Å². The summed E-state index contributed by atoms with van der Waals surface area (Å²) < 4.78 is 0. The van der Waals surface area contributed by atoms with E-state index < -0.39 is 0 Å². The van der Waals surface area contributed by atoms with Crippen LogP contribution in [-0.2, 0) is 0 Å². The van der Waals surface area contributed by atoms with Crippen LogP contribution in [0.15, 0.2) is 42.5 Å². The van der Waals surface area contributed by atoms with E-state index >= 15 is 0 Å². The number of hydrogen-bond acceptors (Lipinski definition) is 2.